The Hall–Kier alpha value is -3.63. The smallest absolute Gasteiger partial charge is 0.243 e. The van der Waals surface area contributed by atoms with Gasteiger partial charge in [0.05, 0.1) is 31.4 Å². The first kappa shape index (κ1) is 24.0. The Morgan fingerprint density at radius 1 is 1.03 bits per heavy atom. The lowest BCUT2D eigenvalue weighted by Gasteiger charge is -2.21. The molecule has 1 aromatic heterocycles. The average Bonchev–Trinajstić information content (AvgIpc) is 3.30. The van der Waals surface area contributed by atoms with Crippen LogP contribution < -0.4 is 15.4 Å². The molecule has 10 heteroatoms. The van der Waals surface area contributed by atoms with Gasteiger partial charge in [0, 0.05) is 24.7 Å². The van der Waals surface area contributed by atoms with Gasteiger partial charge in [-0.25, -0.2) is 8.42 Å². The van der Waals surface area contributed by atoms with Crippen LogP contribution in [0, 0.1) is 0 Å². The molecular formula is C23H25N3O6S. The number of carbonyl (C=O) groups excluding carboxylic acids is 2. The Balaban J connectivity index is 1.77. The van der Waals surface area contributed by atoms with E-state index in [2.05, 4.69) is 10.6 Å². The number of anilines is 1. The second-order valence-electron chi connectivity index (χ2n) is 7.15. The summed E-state index contributed by atoms with van der Waals surface area (Å²) in [5.74, 6) is 0.269. The number of amides is 2. The third-order valence-electron chi connectivity index (χ3n) is 4.71. The molecule has 0 radical (unpaired) electrons. The molecule has 33 heavy (non-hydrogen) atoms. The van der Waals surface area contributed by atoms with Crippen LogP contribution in [0.3, 0.4) is 0 Å². The Morgan fingerprint density at radius 2 is 1.76 bits per heavy atom. The lowest BCUT2D eigenvalue weighted by molar-refractivity contribution is -0.121. The number of para-hydroxylation sites is 1. The zero-order valence-electron chi connectivity index (χ0n) is 18.3. The number of rotatable bonds is 10. The Labute approximate surface area is 192 Å². The molecule has 2 N–H and O–H groups in total. The quantitative estimate of drug-likeness (QED) is 0.469. The maximum absolute atomic E-state index is 13.3. The normalized spacial score (nSPS) is 11.2. The van der Waals surface area contributed by atoms with Crippen molar-refractivity contribution < 1.29 is 27.2 Å². The fraction of sp³-hybridized carbons (Fsp3) is 0.217. The van der Waals surface area contributed by atoms with Crippen LogP contribution >= 0.6 is 0 Å². The van der Waals surface area contributed by atoms with E-state index in [1.807, 2.05) is 18.2 Å². The zero-order valence-corrected chi connectivity index (χ0v) is 19.1. The molecule has 0 fully saturated rings. The van der Waals surface area contributed by atoms with E-state index >= 15 is 0 Å². The maximum Gasteiger partial charge on any atom is 0.243 e. The van der Waals surface area contributed by atoms with Crippen molar-refractivity contribution in [3.63, 3.8) is 0 Å². The van der Waals surface area contributed by atoms with Gasteiger partial charge in [0.1, 0.15) is 11.5 Å². The van der Waals surface area contributed by atoms with Gasteiger partial charge in [-0.2, -0.15) is 4.31 Å². The largest absolute Gasteiger partial charge is 0.496 e. The van der Waals surface area contributed by atoms with Crippen molar-refractivity contribution in [2.24, 2.45) is 0 Å². The lowest BCUT2D eigenvalue weighted by atomic mass is 10.2. The molecule has 0 unspecified atom stereocenters. The summed E-state index contributed by atoms with van der Waals surface area (Å²) in [5, 5.41) is 5.32. The van der Waals surface area contributed by atoms with Crippen LogP contribution in [0.2, 0.25) is 0 Å². The average molecular weight is 472 g/mol. The van der Waals surface area contributed by atoms with E-state index in [0.717, 1.165) is 9.87 Å². The summed E-state index contributed by atoms with van der Waals surface area (Å²) in [6, 6.07) is 16.2. The van der Waals surface area contributed by atoms with Crippen molar-refractivity contribution in [2.45, 2.75) is 24.9 Å². The number of hydrogen-bond acceptors (Lipinski definition) is 6. The third-order valence-corrected chi connectivity index (χ3v) is 6.52. The summed E-state index contributed by atoms with van der Waals surface area (Å²) >= 11 is 0. The van der Waals surface area contributed by atoms with Crippen LogP contribution in [0.1, 0.15) is 18.2 Å². The molecule has 0 aliphatic carbocycles. The number of carbonyl (C=O) groups is 2. The zero-order chi connectivity index (χ0) is 23.8. The molecule has 174 valence electrons. The maximum atomic E-state index is 13.3. The highest BCUT2D eigenvalue weighted by Crippen LogP contribution is 2.21. The van der Waals surface area contributed by atoms with Gasteiger partial charge in [-0.05, 0) is 42.5 Å². The highest BCUT2D eigenvalue weighted by atomic mass is 32.2. The number of furan rings is 1. The highest BCUT2D eigenvalue weighted by Gasteiger charge is 2.28. The molecule has 3 rings (SSSR count). The first-order chi connectivity index (χ1) is 15.8. The monoisotopic (exact) mass is 471 g/mol. The molecule has 0 saturated carbocycles. The summed E-state index contributed by atoms with van der Waals surface area (Å²) in [4.78, 5) is 23.9. The molecule has 9 nitrogen and oxygen atoms in total. The van der Waals surface area contributed by atoms with Crippen molar-refractivity contribution in [1.29, 1.82) is 0 Å². The predicted molar refractivity (Wildman–Crippen MR) is 122 cm³/mol. The SMILES string of the molecule is COc1ccccc1CNC(=O)CN(Cc1ccco1)S(=O)(=O)c1ccc(NC(C)=O)cc1. The second-order valence-corrected chi connectivity index (χ2v) is 9.08. The van der Waals surface area contributed by atoms with E-state index in [-0.39, 0.29) is 23.9 Å². The predicted octanol–water partition coefficient (Wildman–Crippen LogP) is 2.75. The first-order valence-corrected chi connectivity index (χ1v) is 11.5. The van der Waals surface area contributed by atoms with Crippen molar-refractivity contribution in [3.05, 3.63) is 78.3 Å². The number of nitrogens with zero attached hydrogens (tertiary/aromatic N) is 1. The summed E-state index contributed by atoms with van der Waals surface area (Å²) in [5.41, 5.74) is 1.23. The van der Waals surface area contributed by atoms with E-state index in [1.54, 1.807) is 18.2 Å². The van der Waals surface area contributed by atoms with E-state index < -0.39 is 22.5 Å². The minimum atomic E-state index is -4.04. The van der Waals surface area contributed by atoms with E-state index in [0.29, 0.717) is 17.2 Å². The van der Waals surface area contributed by atoms with Crippen LogP contribution in [0.5, 0.6) is 5.75 Å². The fourth-order valence-electron chi connectivity index (χ4n) is 3.12. The molecule has 0 saturated heterocycles. The molecule has 0 spiro atoms. The van der Waals surface area contributed by atoms with Gasteiger partial charge in [0.15, 0.2) is 0 Å². The van der Waals surface area contributed by atoms with E-state index in [9.17, 15) is 18.0 Å². The van der Waals surface area contributed by atoms with Crippen LogP contribution in [0.15, 0.2) is 76.2 Å². The van der Waals surface area contributed by atoms with Crippen molar-refractivity contribution in [2.75, 3.05) is 19.0 Å². The van der Waals surface area contributed by atoms with Crippen LogP contribution in [-0.2, 0) is 32.7 Å². The topological polar surface area (TPSA) is 118 Å². The number of nitrogens with one attached hydrogen (secondary N) is 2. The number of sulfonamides is 1. The summed E-state index contributed by atoms with van der Waals surface area (Å²) in [6.07, 6.45) is 1.43. The Morgan fingerprint density at radius 3 is 2.39 bits per heavy atom. The van der Waals surface area contributed by atoms with Crippen LogP contribution in [0.4, 0.5) is 5.69 Å². The Bertz CT molecular complexity index is 1190. The molecule has 1 heterocycles. The summed E-state index contributed by atoms with van der Waals surface area (Å²) < 4.78 is 38.2. The molecule has 0 aliphatic rings. The van der Waals surface area contributed by atoms with Gasteiger partial charge in [0.2, 0.25) is 21.8 Å². The van der Waals surface area contributed by atoms with Crippen molar-refractivity contribution >= 4 is 27.5 Å². The van der Waals surface area contributed by atoms with E-state index in [1.165, 1.54) is 44.6 Å². The molecule has 3 aromatic rings. The van der Waals surface area contributed by atoms with E-state index in [4.69, 9.17) is 9.15 Å². The summed E-state index contributed by atoms with van der Waals surface area (Å²) in [6.45, 7) is 1.01. The first-order valence-electron chi connectivity index (χ1n) is 10.1. The number of methoxy groups -OCH3 is 1. The second kappa shape index (κ2) is 10.8. The molecule has 2 aromatic carbocycles. The molecular weight excluding hydrogens is 446 g/mol. The van der Waals surface area contributed by atoms with Crippen molar-refractivity contribution in [3.8, 4) is 5.75 Å². The Kier molecular flexibility index (Phi) is 7.86. The molecule has 0 aliphatic heterocycles. The fourth-order valence-corrected chi connectivity index (χ4v) is 4.49. The third kappa shape index (κ3) is 6.43. The number of benzene rings is 2. The van der Waals surface area contributed by atoms with Crippen LogP contribution in [0.25, 0.3) is 0 Å². The molecule has 2 amide bonds. The van der Waals surface area contributed by atoms with Gasteiger partial charge in [-0.1, -0.05) is 18.2 Å². The minimum Gasteiger partial charge on any atom is -0.496 e. The lowest BCUT2D eigenvalue weighted by Crippen LogP contribution is -2.40. The highest BCUT2D eigenvalue weighted by molar-refractivity contribution is 7.89. The molecule has 0 atom stereocenters. The number of hydrogen-bond donors (Lipinski definition) is 2. The standard InChI is InChI=1S/C23H25N3O6S/c1-17(27)25-19-9-11-21(12-10-19)33(29,30)26(15-20-7-5-13-32-20)16-23(28)24-14-18-6-3-4-8-22(18)31-2/h3-13H,14-16H2,1-2H3,(H,24,28)(H,25,27). The van der Waals surface area contributed by atoms with Crippen LogP contribution in [-0.4, -0.2) is 38.2 Å². The van der Waals surface area contributed by atoms with Gasteiger partial charge < -0.3 is 19.8 Å². The van der Waals surface area contributed by atoms with Crippen molar-refractivity contribution in [1.82, 2.24) is 9.62 Å². The summed E-state index contributed by atoms with van der Waals surface area (Å²) in [7, 11) is -2.50. The van der Waals surface area contributed by atoms with Gasteiger partial charge in [-0.15, -0.1) is 0 Å². The molecule has 0 bridgehead atoms. The van der Waals surface area contributed by atoms with Gasteiger partial charge >= 0.3 is 0 Å². The van der Waals surface area contributed by atoms with Gasteiger partial charge in [0.25, 0.3) is 0 Å². The minimum absolute atomic E-state index is 0.0133. The number of ether oxygens (including phenoxy) is 1. The van der Waals surface area contributed by atoms with Gasteiger partial charge in [-0.3, -0.25) is 9.59 Å².